The minimum absolute atomic E-state index is 0.0538. The molecule has 0 unspecified atom stereocenters. The molecule has 0 atom stereocenters. The number of amides is 3. The summed E-state index contributed by atoms with van der Waals surface area (Å²) in [5, 5.41) is 9.62. The van der Waals surface area contributed by atoms with Gasteiger partial charge in [0.15, 0.2) is 0 Å². The highest BCUT2D eigenvalue weighted by Gasteiger charge is 2.21. The first-order valence-electron chi connectivity index (χ1n) is 15.5. The molecule has 6 rings (SSSR count). The molecular formula is C36H35ClN6O3S. The highest BCUT2D eigenvalue weighted by atomic mass is 35.5. The second-order valence-corrected chi connectivity index (χ2v) is 12.4. The predicted octanol–water partition coefficient (Wildman–Crippen LogP) is 6.96. The van der Waals surface area contributed by atoms with Gasteiger partial charge in [-0.15, -0.1) is 0 Å². The molecule has 5 aromatic rings. The molecule has 3 amide bonds. The van der Waals surface area contributed by atoms with E-state index in [1.165, 1.54) is 5.56 Å². The fourth-order valence-electron chi connectivity index (χ4n) is 5.80. The number of benzene rings is 3. The first-order valence-corrected chi connectivity index (χ1v) is 16.5. The van der Waals surface area contributed by atoms with Crippen molar-refractivity contribution in [3.63, 3.8) is 0 Å². The molecule has 4 N–H and O–H groups in total. The van der Waals surface area contributed by atoms with Gasteiger partial charge in [0.2, 0.25) is 5.91 Å². The van der Waals surface area contributed by atoms with Crippen LogP contribution in [0.5, 0.6) is 0 Å². The molecule has 0 saturated carbocycles. The number of carbonyl (C=O) groups excluding carboxylic acids is 2. The largest absolute Gasteiger partial charge is 0.335 e. The number of aromatic amines is 1. The van der Waals surface area contributed by atoms with Crippen molar-refractivity contribution in [2.24, 2.45) is 0 Å². The van der Waals surface area contributed by atoms with Gasteiger partial charge in [0, 0.05) is 55.1 Å². The quantitative estimate of drug-likeness (QED) is 0.109. The number of nitrogens with zero attached hydrogens (tertiary/aromatic N) is 2. The third kappa shape index (κ3) is 8.02. The Labute approximate surface area is 283 Å². The first-order chi connectivity index (χ1) is 22.9. The lowest BCUT2D eigenvalue weighted by molar-refractivity contribution is -0.115. The molecule has 3 aromatic carbocycles. The SMILES string of the molecule is O=C(CCS)Nc1cc(NC(=O)NC2CCN(Cc3ccc(-c4nc5cc[nH]c(=O)c5cc4-c4ccccc4)cc3)CC2)ccc1Cl. The highest BCUT2D eigenvalue weighted by molar-refractivity contribution is 7.80. The standard InChI is InChI=1S/C36H35ClN6O3S/c37-30-11-10-27(20-32(30)41-33(44)15-19-47)40-36(46)39-26-13-17-43(18-14-26)22-23-6-8-25(9-7-23)34-28(24-4-2-1-3-5-24)21-29-31(42-34)12-16-38-35(29)45/h1-12,16,20-21,26,47H,13-15,17-19,22H2,(H,38,45)(H,41,44)(H2,39,40,46). The lowest BCUT2D eigenvalue weighted by atomic mass is 9.97. The molecule has 1 aliphatic rings. The average molecular weight is 667 g/mol. The Hall–Kier alpha value is -4.64. The maximum atomic E-state index is 12.7. The fourth-order valence-corrected chi connectivity index (χ4v) is 6.16. The summed E-state index contributed by atoms with van der Waals surface area (Å²) < 4.78 is 0. The molecule has 0 aliphatic carbocycles. The number of rotatable bonds is 9. The molecule has 240 valence electrons. The van der Waals surface area contributed by atoms with Gasteiger partial charge in [-0.2, -0.15) is 12.6 Å². The number of urea groups is 1. The van der Waals surface area contributed by atoms with Gasteiger partial charge in [-0.3, -0.25) is 14.5 Å². The molecule has 0 spiro atoms. The van der Waals surface area contributed by atoms with Gasteiger partial charge in [-0.05, 0) is 60.1 Å². The number of thiol groups is 1. The number of pyridine rings is 2. The topological polar surface area (TPSA) is 119 Å². The van der Waals surface area contributed by atoms with Crippen molar-refractivity contribution in [2.45, 2.75) is 31.8 Å². The number of hydrogen-bond donors (Lipinski definition) is 5. The van der Waals surface area contributed by atoms with Crippen LogP contribution in [-0.4, -0.2) is 51.7 Å². The number of H-pyrrole nitrogens is 1. The Bertz CT molecular complexity index is 1940. The van der Waals surface area contributed by atoms with Crippen molar-refractivity contribution in [1.82, 2.24) is 20.2 Å². The number of fused-ring (bicyclic) bond motifs is 1. The number of halogens is 1. The van der Waals surface area contributed by atoms with E-state index in [1.54, 1.807) is 24.4 Å². The summed E-state index contributed by atoms with van der Waals surface area (Å²) in [4.78, 5) is 47.3. The van der Waals surface area contributed by atoms with Gasteiger partial charge in [-0.25, -0.2) is 9.78 Å². The van der Waals surface area contributed by atoms with Crippen molar-refractivity contribution in [1.29, 1.82) is 0 Å². The van der Waals surface area contributed by atoms with Crippen LogP contribution in [0.15, 0.2) is 95.9 Å². The average Bonchev–Trinajstić information content (AvgIpc) is 3.08. The van der Waals surface area contributed by atoms with Gasteiger partial charge >= 0.3 is 6.03 Å². The van der Waals surface area contributed by atoms with E-state index in [1.807, 2.05) is 42.5 Å². The van der Waals surface area contributed by atoms with Crippen molar-refractivity contribution in [3.05, 3.63) is 112 Å². The molecule has 1 aliphatic heterocycles. The third-order valence-corrected chi connectivity index (χ3v) is 8.78. The Kier molecular flexibility index (Phi) is 10.2. The number of aromatic nitrogens is 2. The van der Waals surface area contributed by atoms with Crippen LogP contribution in [0.3, 0.4) is 0 Å². The summed E-state index contributed by atoms with van der Waals surface area (Å²) in [6.07, 6.45) is 3.56. The monoisotopic (exact) mass is 666 g/mol. The van der Waals surface area contributed by atoms with Crippen molar-refractivity contribution < 1.29 is 9.59 Å². The smallest absolute Gasteiger partial charge is 0.319 e. The van der Waals surface area contributed by atoms with E-state index in [9.17, 15) is 14.4 Å². The predicted molar refractivity (Wildman–Crippen MR) is 192 cm³/mol. The van der Waals surface area contributed by atoms with E-state index < -0.39 is 0 Å². The van der Waals surface area contributed by atoms with Crippen molar-refractivity contribution in [2.75, 3.05) is 29.5 Å². The second-order valence-electron chi connectivity index (χ2n) is 11.6. The van der Waals surface area contributed by atoms with Crippen LogP contribution in [0.2, 0.25) is 5.02 Å². The maximum Gasteiger partial charge on any atom is 0.319 e. The number of carbonyl (C=O) groups is 2. The number of anilines is 2. The molecule has 0 radical (unpaired) electrons. The van der Waals surface area contributed by atoms with Crippen LogP contribution < -0.4 is 21.5 Å². The summed E-state index contributed by atoms with van der Waals surface area (Å²) >= 11 is 10.3. The molecule has 47 heavy (non-hydrogen) atoms. The van der Waals surface area contributed by atoms with E-state index >= 15 is 0 Å². The lowest BCUT2D eigenvalue weighted by Gasteiger charge is -2.32. The van der Waals surface area contributed by atoms with Gasteiger partial charge in [-0.1, -0.05) is 66.2 Å². The maximum absolute atomic E-state index is 12.7. The number of nitrogens with one attached hydrogen (secondary N) is 4. The normalized spacial score (nSPS) is 13.7. The Morgan fingerprint density at radius 1 is 0.936 bits per heavy atom. The van der Waals surface area contributed by atoms with Crippen molar-refractivity contribution >= 4 is 58.4 Å². The van der Waals surface area contributed by atoms with E-state index in [-0.39, 0.29) is 30.0 Å². The van der Waals surface area contributed by atoms with Gasteiger partial charge in [0.25, 0.3) is 5.56 Å². The Balaban J connectivity index is 1.05. The molecule has 9 nitrogen and oxygen atoms in total. The molecule has 3 heterocycles. The van der Waals surface area contributed by atoms with Crippen LogP contribution in [0.25, 0.3) is 33.3 Å². The number of hydrogen-bond acceptors (Lipinski definition) is 6. The van der Waals surface area contributed by atoms with Crippen LogP contribution in [0, 0.1) is 0 Å². The molecule has 0 bridgehead atoms. The Morgan fingerprint density at radius 2 is 1.70 bits per heavy atom. The summed E-state index contributed by atoms with van der Waals surface area (Å²) in [5.41, 5.74) is 6.40. The third-order valence-electron chi connectivity index (χ3n) is 8.23. The van der Waals surface area contributed by atoms with Crippen LogP contribution in [-0.2, 0) is 11.3 Å². The zero-order valence-corrected chi connectivity index (χ0v) is 27.3. The summed E-state index contributed by atoms with van der Waals surface area (Å²) in [7, 11) is 0. The van der Waals surface area contributed by atoms with E-state index in [0.717, 1.165) is 54.9 Å². The molecule has 11 heteroatoms. The van der Waals surface area contributed by atoms with Crippen LogP contribution in [0.4, 0.5) is 16.2 Å². The van der Waals surface area contributed by atoms with E-state index in [0.29, 0.717) is 33.1 Å². The summed E-state index contributed by atoms with van der Waals surface area (Å²) in [5.74, 6) is 0.240. The summed E-state index contributed by atoms with van der Waals surface area (Å²) in [6.45, 7) is 2.51. The van der Waals surface area contributed by atoms with Crippen molar-refractivity contribution in [3.8, 4) is 22.4 Å². The summed E-state index contributed by atoms with van der Waals surface area (Å²) in [6, 6.07) is 26.9. The second kappa shape index (κ2) is 14.8. The number of piperidine rings is 1. The number of likely N-dealkylation sites (tertiary alicyclic amines) is 1. The van der Waals surface area contributed by atoms with Crippen LogP contribution in [0.1, 0.15) is 24.8 Å². The first kappa shape index (κ1) is 32.3. The van der Waals surface area contributed by atoms with Gasteiger partial charge in [0.05, 0.1) is 27.3 Å². The molecule has 1 fully saturated rings. The van der Waals surface area contributed by atoms with Gasteiger partial charge in [0.1, 0.15) is 0 Å². The van der Waals surface area contributed by atoms with E-state index in [2.05, 4.69) is 62.7 Å². The highest BCUT2D eigenvalue weighted by Crippen LogP contribution is 2.33. The minimum Gasteiger partial charge on any atom is -0.335 e. The zero-order chi connectivity index (χ0) is 32.8. The van der Waals surface area contributed by atoms with Crippen LogP contribution >= 0.6 is 24.2 Å². The van der Waals surface area contributed by atoms with Gasteiger partial charge < -0.3 is 20.9 Å². The molecule has 1 saturated heterocycles. The lowest BCUT2D eigenvalue weighted by Crippen LogP contribution is -2.45. The zero-order valence-electron chi connectivity index (χ0n) is 25.6. The molecule has 2 aromatic heterocycles. The Morgan fingerprint density at radius 3 is 2.45 bits per heavy atom. The van der Waals surface area contributed by atoms with E-state index in [4.69, 9.17) is 16.6 Å². The molecular weight excluding hydrogens is 632 g/mol. The fraction of sp³-hybridized carbons (Fsp3) is 0.222. The minimum atomic E-state index is -0.296.